The van der Waals surface area contributed by atoms with Gasteiger partial charge in [0.25, 0.3) is 0 Å². The maximum atomic E-state index is 12.0. The van der Waals surface area contributed by atoms with Gasteiger partial charge >= 0.3 is 16.5 Å². The van der Waals surface area contributed by atoms with Crippen LogP contribution in [-0.2, 0) is 27.3 Å². The normalized spacial score (nSPS) is 12.1. The van der Waals surface area contributed by atoms with Crippen LogP contribution in [0, 0.1) is 27.7 Å². The predicted octanol–water partition coefficient (Wildman–Crippen LogP) is 7.84. The Labute approximate surface area is 239 Å². The van der Waals surface area contributed by atoms with Crippen LogP contribution in [0.15, 0.2) is 58.5 Å². The second-order valence-corrected chi connectivity index (χ2v) is 11.8. The molecule has 3 rings (SSSR count). The van der Waals surface area contributed by atoms with Crippen LogP contribution in [-0.4, -0.2) is 11.9 Å². The Hall–Kier alpha value is -2.91. The van der Waals surface area contributed by atoms with Gasteiger partial charge in [-0.3, -0.25) is 9.98 Å². The van der Waals surface area contributed by atoms with Crippen molar-refractivity contribution in [3.05, 3.63) is 81.9 Å². The van der Waals surface area contributed by atoms with Crippen molar-refractivity contribution in [2.24, 2.45) is 9.98 Å². The van der Waals surface area contributed by atoms with Crippen LogP contribution < -0.4 is 10.2 Å². The average Bonchev–Trinajstić information content (AvgIpc) is 2.76. The molecule has 0 heterocycles. The molecule has 0 atom stereocenters. The van der Waals surface area contributed by atoms with Gasteiger partial charge in [-0.05, 0) is 67.7 Å². The van der Waals surface area contributed by atoms with Gasteiger partial charge < -0.3 is 10.2 Å². The van der Waals surface area contributed by atoms with E-state index in [0.29, 0.717) is 11.1 Å². The smallest absolute Gasteiger partial charge is 0.873 e. The molecule has 0 spiro atoms. The molecule has 0 radical (unpaired) electrons. The van der Waals surface area contributed by atoms with Crippen LogP contribution in [0.4, 0.5) is 11.4 Å². The Morgan fingerprint density at radius 3 is 1.32 bits per heavy atom. The first-order valence-corrected chi connectivity index (χ1v) is 12.8. The van der Waals surface area contributed by atoms with Gasteiger partial charge in [-0.1, -0.05) is 101 Å². The minimum Gasteiger partial charge on any atom is -0.873 e. The van der Waals surface area contributed by atoms with Crippen molar-refractivity contribution >= 4 is 23.3 Å². The predicted molar refractivity (Wildman–Crippen MR) is 155 cm³/mol. The maximum Gasteiger partial charge on any atom is 2.00 e. The number of para-hydroxylation sites is 2. The first-order chi connectivity index (χ1) is 17.0. The summed E-state index contributed by atoms with van der Waals surface area (Å²) >= 11 is 0. The third-order valence-corrected chi connectivity index (χ3v) is 6.28. The van der Waals surface area contributed by atoms with E-state index in [4.69, 9.17) is 4.99 Å². The summed E-state index contributed by atoms with van der Waals surface area (Å²) in [5.74, 6) is -0.695. The molecule has 0 aliphatic heterocycles. The van der Waals surface area contributed by atoms with Crippen LogP contribution in [0.2, 0.25) is 0 Å². The van der Waals surface area contributed by atoms with E-state index < -0.39 is 0 Å². The molecular formula is C33H42N2NiO2. The SMILES string of the molecule is CC(C)(C)c1ccc(C(C)(C)C)c([O-])c1[O-].CC(C=Nc1c(C)cccc1C)=Nc1c(C)cccc1C.[Ni+2]. The second kappa shape index (κ2) is 13.2. The molecule has 0 saturated carbocycles. The summed E-state index contributed by atoms with van der Waals surface area (Å²) in [4.78, 5) is 9.30. The minimum absolute atomic E-state index is 0. The van der Waals surface area contributed by atoms with E-state index >= 15 is 0 Å². The third kappa shape index (κ3) is 8.56. The standard InChI is InChI=1S/C19H22N2.C14H22O2.Ni/c1-13-8-6-9-14(2)18(13)20-12-17(5)21-19-15(3)10-7-11-16(19)4;1-13(2,3)9-7-8-10(14(4,5)6)12(16)11(9)15;/h6-12H,1-5H3;7-8,15-16H,1-6H3;/q;;+2/p-2. The summed E-state index contributed by atoms with van der Waals surface area (Å²) in [6.07, 6.45) is 1.85. The number of aliphatic imine (C=N–C) groups is 2. The summed E-state index contributed by atoms with van der Waals surface area (Å²) in [6, 6.07) is 16.0. The van der Waals surface area contributed by atoms with Gasteiger partial charge in [0.2, 0.25) is 0 Å². The Morgan fingerprint density at radius 2 is 0.974 bits per heavy atom. The summed E-state index contributed by atoms with van der Waals surface area (Å²) in [6.45, 7) is 22.0. The van der Waals surface area contributed by atoms with Crippen molar-refractivity contribution in [1.82, 2.24) is 0 Å². The first kappa shape index (κ1) is 33.1. The molecule has 5 heteroatoms. The summed E-state index contributed by atoms with van der Waals surface area (Å²) in [7, 11) is 0. The van der Waals surface area contributed by atoms with Gasteiger partial charge in [0.1, 0.15) is 0 Å². The minimum atomic E-state index is -0.347. The Morgan fingerprint density at radius 1 is 0.632 bits per heavy atom. The molecule has 38 heavy (non-hydrogen) atoms. The zero-order valence-electron chi connectivity index (χ0n) is 24.7. The van der Waals surface area contributed by atoms with Gasteiger partial charge in [0, 0.05) is 6.21 Å². The van der Waals surface area contributed by atoms with Gasteiger partial charge in [0.05, 0.1) is 17.1 Å². The van der Waals surface area contributed by atoms with Crippen LogP contribution in [0.1, 0.15) is 81.8 Å². The van der Waals surface area contributed by atoms with Crippen molar-refractivity contribution in [1.29, 1.82) is 0 Å². The molecule has 4 nitrogen and oxygen atoms in total. The molecule has 0 N–H and O–H groups in total. The number of hydrogen-bond acceptors (Lipinski definition) is 4. The van der Waals surface area contributed by atoms with Gasteiger partial charge in [-0.25, -0.2) is 0 Å². The number of nitrogens with zero attached hydrogens (tertiary/aromatic N) is 2. The Bertz CT molecular complexity index is 1230. The number of benzene rings is 3. The van der Waals surface area contributed by atoms with E-state index in [9.17, 15) is 10.2 Å². The Kier molecular flexibility index (Phi) is 11.5. The first-order valence-electron chi connectivity index (χ1n) is 12.8. The van der Waals surface area contributed by atoms with E-state index in [2.05, 4.69) is 69.1 Å². The van der Waals surface area contributed by atoms with Crippen LogP contribution in [0.3, 0.4) is 0 Å². The van der Waals surface area contributed by atoms with Crippen molar-refractivity contribution in [2.45, 2.75) is 87.0 Å². The largest absolute Gasteiger partial charge is 2.00 e. The van der Waals surface area contributed by atoms with E-state index in [0.717, 1.165) is 17.1 Å². The molecule has 0 amide bonds. The molecule has 0 saturated heterocycles. The summed E-state index contributed by atoms with van der Waals surface area (Å²) in [5, 5.41) is 23.9. The topological polar surface area (TPSA) is 70.8 Å². The second-order valence-electron chi connectivity index (χ2n) is 11.8. The van der Waals surface area contributed by atoms with Crippen molar-refractivity contribution in [3.63, 3.8) is 0 Å². The van der Waals surface area contributed by atoms with E-state index in [1.807, 2.05) is 54.7 Å². The molecule has 3 aromatic rings. The summed E-state index contributed by atoms with van der Waals surface area (Å²) < 4.78 is 0. The molecule has 0 fully saturated rings. The molecule has 0 aromatic heterocycles. The van der Waals surface area contributed by atoms with Crippen LogP contribution in [0.25, 0.3) is 0 Å². The van der Waals surface area contributed by atoms with Gasteiger partial charge in [0.15, 0.2) is 0 Å². The molecule has 0 aliphatic rings. The van der Waals surface area contributed by atoms with Gasteiger partial charge in [-0.2, -0.15) is 0 Å². The van der Waals surface area contributed by atoms with Crippen molar-refractivity contribution < 1.29 is 26.7 Å². The maximum absolute atomic E-state index is 12.0. The van der Waals surface area contributed by atoms with Gasteiger partial charge in [-0.15, -0.1) is 11.5 Å². The summed E-state index contributed by atoms with van der Waals surface area (Å²) in [5.41, 5.74) is 8.41. The number of aryl methyl sites for hydroxylation is 4. The molecule has 0 aliphatic carbocycles. The van der Waals surface area contributed by atoms with E-state index in [-0.39, 0.29) is 38.8 Å². The third-order valence-electron chi connectivity index (χ3n) is 6.28. The quantitative estimate of drug-likeness (QED) is 0.243. The zero-order valence-corrected chi connectivity index (χ0v) is 25.7. The fourth-order valence-corrected chi connectivity index (χ4v) is 4.10. The van der Waals surface area contributed by atoms with Crippen molar-refractivity contribution in [3.8, 4) is 11.5 Å². The fourth-order valence-electron chi connectivity index (χ4n) is 4.10. The van der Waals surface area contributed by atoms with Crippen LogP contribution in [0.5, 0.6) is 11.5 Å². The van der Waals surface area contributed by atoms with Crippen molar-refractivity contribution in [2.75, 3.05) is 0 Å². The number of rotatable bonds is 3. The Balaban J connectivity index is 0.000000384. The fraction of sp³-hybridized carbons (Fsp3) is 0.394. The zero-order chi connectivity index (χ0) is 28.1. The molecule has 0 unspecified atom stereocenters. The molecule has 0 bridgehead atoms. The molecular weight excluding hydrogens is 515 g/mol. The molecule has 3 aromatic carbocycles. The average molecular weight is 557 g/mol. The van der Waals surface area contributed by atoms with E-state index in [1.165, 1.54) is 22.3 Å². The monoisotopic (exact) mass is 556 g/mol. The van der Waals surface area contributed by atoms with E-state index in [1.54, 1.807) is 12.1 Å². The molecule has 206 valence electrons. The van der Waals surface area contributed by atoms with Crippen LogP contribution >= 0.6 is 0 Å². The number of hydrogen-bond donors (Lipinski definition) is 0.